The van der Waals surface area contributed by atoms with E-state index in [9.17, 15) is 23.8 Å². The van der Waals surface area contributed by atoms with Gasteiger partial charge in [-0.25, -0.2) is 4.79 Å². The molecule has 17 heteroatoms. The highest BCUT2D eigenvalue weighted by molar-refractivity contribution is 7.49. The lowest BCUT2D eigenvalue weighted by Crippen LogP contribution is -2.35. The van der Waals surface area contributed by atoms with Crippen LogP contribution < -0.4 is 32.1 Å². The van der Waals surface area contributed by atoms with Crippen LogP contribution >= 0.6 is 7.75 Å². The van der Waals surface area contributed by atoms with E-state index in [4.69, 9.17) is 25.8 Å². The quantitative estimate of drug-likeness (QED) is 0.141. The van der Waals surface area contributed by atoms with Crippen LogP contribution in [0.25, 0.3) is 10.4 Å². The molecule has 0 bridgehead atoms. The number of aryl methyl sites for hydroxylation is 1. The molecule has 1 aromatic heterocycles. The smallest absolute Gasteiger partial charge is 0.330 e. The number of ether oxygens (including phenoxy) is 2. The van der Waals surface area contributed by atoms with Crippen molar-refractivity contribution in [2.24, 2.45) is 16.4 Å². The molecule has 0 aliphatic carbocycles. The highest BCUT2D eigenvalue weighted by Crippen LogP contribution is 2.29. The number of aromatic nitrogens is 2. The maximum Gasteiger partial charge on any atom is 0.330 e. The molecule has 1 unspecified atom stereocenters. The first-order chi connectivity index (χ1) is 17.4. The number of aromatic amines is 1. The molecule has 5 atom stereocenters. The number of nitrogens with two attached hydrogens (primary N) is 2. The second-order valence-corrected chi connectivity index (χ2v) is 9.17. The fraction of sp³-hybridized carbons (Fsp3) is 0.450. The zero-order valence-corrected chi connectivity index (χ0v) is 20.8. The summed E-state index contributed by atoms with van der Waals surface area (Å²) in [5.41, 5.74) is 18.6. The van der Waals surface area contributed by atoms with Crippen molar-refractivity contribution in [1.82, 2.24) is 9.55 Å². The molecule has 202 valence electrons. The van der Waals surface area contributed by atoms with Gasteiger partial charge in [-0.05, 0) is 36.6 Å². The first kappa shape index (κ1) is 29.7. The Morgan fingerprint density at radius 2 is 2.19 bits per heavy atom. The minimum Gasteiger partial charge on any atom is -0.757 e. The van der Waals surface area contributed by atoms with Crippen molar-refractivity contribution >= 4 is 13.7 Å². The predicted molar refractivity (Wildman–Crippen MR) is 127 cm³/mol. The Labute approximate surface area is 210 Å². The van der Waals surface area contributed by atoms with Crippen molar-refractivity contribution in [3.63, 3.8) is 0 Å². The second-order valence-electron chi connectivity index (χ2n) is 7.91. The molecule has 1 saturated heterocycles. The average molecular weight is 540 g/mol. The van der Waals surface area contributed by atoms with E-state index in [1.807, 2.05) is 0 Å². The number of carbonyl (C=O) groups is 1. The predicted octanol–water partition coefficient (Wildman–Crippen LogP) is -0.661. The SMILES string of the molecule is COc1cccc(C[C@@H](N)C(=O)OP(N)(=O)[O-])c1.Cc1cn([C@H]2C[C@H](N=[N+]=[N-])[C@@H](CO)O2)c(=O)[nH]c1=O. The van der Waals surface area contributed by atoms with Crippen LogP contribution in [-0.2, 0) is 25.0 Å². The standard InChI is InChI=1S/C10H13N5O4.C10H15N2O5P/c1-5-3-15(10(18)12-9(5)17)8-2-6(13-14-11)7(4-16)19-8;1-16-8-4-2-3-7(5-8)6-9(11)10(13)17-18(12,14)15/h3,6-8,16H,2,4H2,1H3,(H,12,17,18);2-5,9H,6,11H2,1H3,(H3,12,14,15)/p-1/t6-,7+,8+;9-/m01/s1. The number of methoxy groups -OCH3 is 1. The zero-order chi connectivity index (χ0) is 27.8. The van der Waals surface area contributed by atoms with Gasteiger partial charge in [-0.3, -0.25) is 29.2 Å². The Hall–Kier alpha value is -3.49. The fourth-order valence-corrected chi connectivity index (χ4v) is 3.75. The molecule has 1 aliphatic rings. The molecule has 1 aliphatic heterocycles. The van der Waals surface area contributed by atoms with Crippen LogP contribution in [0, 0.1) is 6.92 Å². The van der Waals surface area contributed by atoms with Gasteiger partial charge in [0.1, 0.15) is 18.0 Å². The van der Waals surface area contributed by atoms with Gasteiger partial charge in [-0.2, -0.15) is 0 Å². The van der Waals surface area contributed by atoms with Crippen molar-refractivity contribution in [3.05, 3.63) is 72.9 Å². The molecule has 1 aromatic carbocycles. The van der Waals surface area contributed by atoms with Crippen LogP contribution in [0.3, 0.4) is 0 Å². The summed E-state index contributed by atoms with van der Waals surface area (Å²) >= 11 is 0. The van der Waals surface area contributed by atoms with Crippen molar-refractivity contribution in [1.29, 1.82) is 0 Å². The number of hydrogen-bond acceptors (Lipinski definition) is 11. The fourth-order valence-electron chi connectivity index (χ4n) is 3.37. The van der Waals surface area contributed by atoms with Gasteiger partial charge in [0, 0.05) is 23.1 Å². The summed E-state index contributed by atoms with van der Waals surface area (Å²) in [6.45, 7) is 1.26. The number of hydrogen-bond donors (Lipinski definition) is 4. The molecule has 3 rings (SSSR count). The number of nitrogens with one attached hydrogen (secondary N) is 1. The third-order valence-electron chi connectivity index (χ3n) is 5.15. The molecule has 0 amide bonds. The Morgan fingerprint density at radius 3 is 2.78 bits per heavy atom. The van der Waals surface area contributed by atoms with Crippen LogP contribution in [0.2, 0.25) is 0 Å². The highest BCUT2D eigenvalue weighted by atomic mass is 31.2. The van der Waals surface area contributed by atoms with Crippen molar-refractivity contribution in [3.8, 4) is 5.75 Å². The van der Waals surface area contributed by atoms with Gasteiger partial charge in [0.15, 0.2) is 0 Å². The number of aliphatic hydroxyl groups excluding tert-OH is 1. The largest absolute Gasteiger partial charge is 0.757 e. The number of H-pyrrole nitrogens is 1. The summed E-state index contributed by atoms with van der Waals surface area (Å²) in [7, 11) is -3.09. The number of nitrogens with zero attached hydrogens (tertiary/aromatic N) is 4. The van der Waals surface area contributed by atoms with Crippen molar-refractivity contribution in [2.45, 2.75) is 44.2 Å². The third kappa shape index (κ3) is 8.84. The topological polar surface area (TPSA) is 261 Å². The average Bonchev–Trinajstić information content (AvgIpc) is 3.23. The van der Waals surface area contributed by atoms with Crippen LogP contribution in [0.4, 0.5) is 0 Å². The Bertz CT molecular complexity index is 1300. The summed E-state index contributed by atoms with van der Waals surface area (Å²) in [6, 6.07) is 5.23. The molecule has 1 fully saturated rings. The van der Waals surface area contributed by atoms with Gasteiger partial charge >= 0.3 is 11.7 Å². The third-order valence-corrected chi connectivity index (χ3v) is 5.58. The molecule has 2 aromatic rings. The molecule has 0 radical (unpaired) electrons. The zero-order valence-electron chi connectivity index (χ0n) is 19.9. The minimum atomic E-state index is -4.60. The normalized spacial score (nSPS) is 21.0. The number of benzene rings is 1. The molecule has 2 heterocycles. The lowest BCUT2D eigenvalue weighted by atomic mass is 10.1. The van der Waals surface area contributed by atoms with Gasteiger partial charge in [-0.1, -0.05) is 17.2 Å². The molecular weight excluding hydrogens is 513 g/mol. The highest BCUT2D eigenvalue weighted by Gasteiger charge is 2.35. The Morgan fingerprint density at radius 1 is 1.49 bits per heavy atom. The Balaban J connectivity index is 0.000000261. The van der Waals surface area contributed by atoms with Crippen LogP contribution in [0.15, 0.2) is 45.2 Å². The molecule has 37 heavy (non-hydrogen) atoms. The summed E-state index contributed by atoms with van der Waals surface area (Å²) < 4.78 is 26.3. The summed E-state index contributed by atoms with van der Waals surface area (Å²) in [5, 5.41) is 12.7. The summed E-state index contributed by atoms with van der Waals surface area (Å²) in [5.74, 6) is -0.472. The van der Waals surface area contributed by atoms with Gasteiger partial charge < -0.3 is 29.7 Å². The first-order valence-corrected chi connectivity index (χ1v) is 12.3. The Kier molecular flexibility index (Phi) is 10.6. The van der Waals surface area contributed by atoms with Gasteiger partial charge in [0.25, 0.3) is 13.3 Å². The van der Waals surface area contributed by atoms with E-state index >= 15 is 0 Å². The lowest BCUT2D eigenvalue weighted by Gasteiger charge is -2.19. The molecule has 16 nitrogen and oxygen atoms in total. The van der Waals surface area contributed by atoms with Crippen molar-refractivity contribution < 1.29 is 33.4 Å². The lowest BCUT2D eigenvalue weighted by molar-refractivity contribution is -0.200. The number of rotatable bonds is 8. The first-order valence-electron chi connectivity index (χ1n) is 10.7. The molecule has 0 saturated carbocycles. The van der Waals surface area contributed by atoms with E-state index in [-0.39, 0.29) is 19.4 Å². The van der Waals surface area contributed by atoms with Crippen LogP contribution in [0.5, 0.6) is 5.75 Å². The maximum atomic E-state index is 11.7. The second kappa shape index (κ2) is 13.2. The number of azide groups is 1. The van der Waals surface area contributed by atoms with E-state index < -0.39 is 49.4 Å². The van der Waals surface area contributed by atoms with Gasteiger partial charge in [-0.15, -0.1) is 0 Å². The van der Waals surface area contributed by atoms with E-state index in [0.29, 0.717) is 11.3 Å². The van der Waals surface area contributed by atoms with Crippen LogP contribution in [0.1, 0.15) is 23.8 Å². The number of carbonyl (C=O) groups excluding carboxylic acids is 1. The monoisotopic (exact) mass is 540 g/mol. The number of aliphatic hydroxyl groups is 1. The van der Waals surface area contributed by atoms with E-state index in [2.05, 4.69) is 25.0 Å². The maximum absolute atomic E-state index is 11.7. The van der Waals surface area contributed by atoms with E-state index in [1.54, 1.807) is 31.2 Å². The van der Waals surface area contributed by atoms with Gasteiger partial charge in [0.05, 0.1) is 25.9 Å². The van der Waals surface area contributed by atoms with E-state index in [0.717, 1.165) is 5.56 Å². The molecule has 6 N–H and O–H groups in total. The molecule has 0 spiro atoms. The van der Waals surface area contributed by atoms with E-state index in [1.165, 1.54) is 17.9 Å². The van der Waals surface area contributed by atoms with Crippen LogP contribution in [-0.4, -0.2) is 52.5 Å². The van der Waals surface area contributed by atoms with Gasteiger partial charge in [0.2, 0.25) is 0 Å². The minimum absolute atomic E-state index is 0.121. The summed E-state index contributed by atoms with van der Waals surface area (Å²) in [4.78, 5) is 49.7. The van der Waals surface area contributed by atoms with Crippen molar-refractivity contribution in [2.75, 3.05) is 13.7 Å². The summed E-state index contributed by atoms with van der Waals surface area (Å²) in [6.07, 6.45) is 0.450. The molecular formula is C20H27N7O9P-.